The van der Waals surface area contributed by atoms with Crippen molar-refractivity contribution in [1.29, 1.82) is 5.26 Å². The van der Waals surface area contributed by atoms with Gasteiger partial charge in [-0.3, -0.25) is 10.1 Å². The molecule has 0 unspecified atom stereocenters. The summed E-state index contributed by atoms with van der Waals surface area (Å²) >= 11 is 0. The second kappa shape index (κ2) is 4.97. The molecule has 7 nitrogen and oxygen atoms in total. The molecule has 2 aromatic heterocycles. The molecule has 0 aliphatic rings. The van der Waals surface area contributed by atoms with Crippen molar-refractivity contribution in [2.24, 2.45) is 0 Å². The molecular formula is C11H8N4O3. The molecule has 2 rings (SSSR count). The van der Waals surface area contributed by atoms with E-state index in [-0.39, 0.29) is 17.1 Å². The van der Waals surface area contributed by atoms with E-state index in [1.165, 1.54) is 24.8 Å². The van der Waals surface area contributed by atoms with Crippen LogP contribution in [0.1, 0.15) is 11.1 Å². The van der Waals surface area contributed by atoms with Gasteiger partial charge in [-0.05, 0) is 12.1 Å². The van der Waals surface area contributed by atoms with E-state index in [1.54, 1.807) is 12.1 Å². The van der Waals surface area contributed by atoms with Crippen molar-refractivity contribution in [3.05, 3.63) is 52.1 Å². The van der Waals surface area contributed by atoms with E-state index < -0.39 is 4.92 Å². The van der Waals surface area contributed by atoms with Gasteiger partial charge in [0.1, 0.15) is 11.6 Å². The van der Waals surface area contributed by atoms with Gasteiger partial charge in [0.2, 0.25) is 5.82 Å². The summed E-state index contributed by atoms with van der Waals surface area (Å²) in [6, 6.07) is 4.81. The number of rotatable bonds is 4. The topological polar surface area (TPSA) is 105 Å². The lowest BCUT2D eigenvalue weighted by atomic mass is 10.2. The Bertz CT molecular complexity index is 601. The third kappa shape index (κ3) is 2.27. The van der Waals surface area contributed by atoms with E-state index in [4.69, 9.17) is 9.68 Å². The molecular weight excluding hydrogens is 236 g/mol. The highest BCUT2D eigenvalue weighted by Gasteiger charge is 2.20. The number of aromatic nitrogens is 1. The summed E-state index contributed by atoms with van der Waals surface area (Å²) in [5, 5.41) is 22.5. The molecule has 0 bridgehead atoms. The Hall–Kier alpha value is -2.88. The van der Waals surface area contributed by atoms with Gasteiger partial charge in [-0.15, -0.1) is 0 Å². The Balaban J connectivity index is 2.27. The minimum atomic E-state index is -0.622. The first-order valence-electron chi connectivity index (χ1n) is 5.01. The van der Waals surface area contributed by atoms with Gasteiger partial charge < -0.3 is 9.73 Å². The van der Waals surface area contributed by atoms with Crippen LogP contribution in [0, 0.1) is 21.4 Å². The normalized spacial score (nSPS) is 9.72. The fraction of sp³-hybridized carbons (Fsp3) is 0.0909. The highest BCUT2D eigenvalue weighted by molar-refractivity contribution is 5.64. The Morgan fingerprint density at radius 1 is 1.56 bits per heavy atom. The highest BCUT2D eigenvalue weighted by Crippen LogP contribution is 2.25. The van der Waals surface area contributed by atoms with Gasteiger partial charge in [0.05, 0.1) is 17.4 Å². The monoisotopic (exact) mass is 244 g/mol. The molecule has 0 spiro atoms. The van der Waals surface area contributed by atoms with Gasteiger partial charge in [-0.25, -0.2) is 4.98 Å². The fourth-order valence-corrected chi connectivity index (χ4v) is 1.44. The van der Waals surface area contributed by atoms with Crippen molar-refractivity contribution < 1.29 is 9.34 Å². The molecule has 0 aliphatic carbocycles. The number of nitrogens with one attached hydrogen (secondary N) is 1. The maximum absolute atomic E-state index is 10.9. The predicted octanol–water partition coefficient (Wildman–Crippen LogP) is 2.07. The first-order valence-corrected chi connectivity index (χ1v) is 5.01. The molecule has 2 aromatic rings. The largest absolute Gasteiger partial charge is 0.472 e. The number of hydrogen-bond donors (Lipinski definition) is 1. The van der Waals surface area contributed by atoms with Crippen LogP contribution in [0.2, 0.25) is 0 Å². The molecule has 0 aromatic carbocycles. The van der Waals surface area contributed by atoms with Crippen molar-refractivity contribution in [3.63, 3.8) is 0 Å². The van der Waals surface area contributed by atoms with Crippen molar-refractivity contribution >= 4 is 11.5 Å². The van der Waals surface area contributed by atoms with Gasteiger partial charge >= 0.3 is 5.69 Å². The summed E-state index contributed by atoms with van der Waals surface area (Å²) in [4.78, 5) is 14.2. The second-order valence-electron chi connectivity index (χ2n) is 3.41. The molecule has 1 N–H and O–H groups in total. The van der Waals surface area contributed by atoms with Crippen LogP contribution in [0.4, 0.5) is 11.5 Å². The number of pyridine rings is 1. The summed E-state index contributed by atoms with van der Waals surface area (Å²) in [5.41, 5.74) is 0.488. The smallest absolute Gasteiger partial charge is 0.328 e. The van der Waals surface area contributed by atoms with Crippen molar-refractivity contribution in [3.8, 4) is 6.07 Å². The summed E-state index contributed by atoms with van der Waals surface area (Å²) in [6.45, 7) is 0.333. The maximum Gasteiger partial charge on any atom is 0.328 e. The standard InChI is InChI=1S/C11H8N4O3/c12-5-9-1-3-13-11(10(9)15(16)17)14-6-8-2-4-18-7-8/h1-4,7H,6H2,(H,13,14). The van der Waals surface area contributed by atoms with Crippen LogP contribution < -0.4 is 5.32 Å². The third-order valence-corrected chi connectivity index (χ3v) is 2.27. The number of nitro groups is 1. The summed E-state index contributed by atoms with van der Waals surface area (Å²) in [6.07, 6.45) is 4.38. The molecule has 90 valence electrons. The number of hydrogen-bond acceptors (Lipinski definition) is 6. The van der Waals surface area contributed by atoms with E-state index in [1.807, 2.05) is 0 Å². The van der Waals surface area contributed by atoms with Crippen LogP contribution in [-0.4, -0.2) is 9.91 Å². The van der Waals surface area contributed by atoms with Gasteiger partial charge in [0.25, 0.3) is 0 Å². The van der Waals surface area contributed by atoms with Crippen LogP contribution >= 0.6 is 0 Å². The molecule has 2 heterocycles. The lowest BCUT2D eigenvalue weighted by Gasteiger charge is -2.04. The number of anilines is 1. The first kappa shape index (κ1) is 11.6. The zero-order chi connectivity index (χ0) is 13.0. The van der Waals surface area contributed by atoms with Crippen LogP contribution in [0.15, 0.2) is 35.3 Å². The predicted molar refractivity (Wildman–Crippen MR) is 61.6 cm³/mol. The zero-order valence-corrected chi connectivity index (χ0v) is 9.16. The Kier molecular flexibility index (Phi) is 3.20. The van der Waals surface area contributed by atoms with Crippen molar-refractivity contribution in [2.75, 3.05) is 5.32 Å². The fourth-order valence-electron chi connectivity index (χ4n) is 1.44. The van der Waals surface area contributed by atoms with Gasteiger partial charge in [-0.1, -0.05) is 0 Å². The second-order valence-corrected chi connectivity index (χ2v) is 3.41. The number of nitrogens with zero attached hydrogens (tertiary/aromatic N) is 3. The van der Waals surface area contributed by atoms with Crippen LogP contribution in [0.5, 0.6) is 0 Å². The van der Waals surface area contributed by atoms with E-state index in [0.717, 1.165) is 5.56 Å². The zero-order valence-electron chi connectivity index (χ0n) is 9.16. The lowest BCUT2D eigenvalue weighted by molar-refractivity contribution is -0.384. The lowest BCUT2D eigenvalue weighted by Crippen LogP contribution is -2.05. The Morgan fingerprint density at radius 2 is 2.39 bits per heavy atom. The quantitative estimate of drug-likeness (QED) is 0.651. The molecule has 0 saturated heterocycles. The average Bonchev–Trinajstić information content (AvgIpc) is 2.88. The minimum absolute atomic E-state index is 0.0234. The van der Waals surface area contributed by atoms with Gasteiger partial charge in [0, 0.05) is 18.3 Å². The van der Waals surface area contributed by atoms with E-state index in [9.17, 15) is 10.1 Å². The van der Waals surface area contributed by atoms with Gasteiger partial charge in [-0.2, -0.15) is 5.26 Å². The molecule has 0 saturated carbocycles. The van der Waals surface area contributed by atoms with Crippen LogP contribution in [-0.2, 0) is 6.54 Å². The molecule has 0 fully saturated rings. The van der Waals surface area contributed by atoms with Crippen LogP contribution in [0.3, 0.4) is 0 Å². The minimum Gasteiger partial charge on any atom is -0.472 e. The summed E-state index contributed by atoms with van der Waals surface area (Å²) < 4.78 is 4.88. The molecule has 0 amide bonds. The summed E-state index contributed by atoms with van der Waals surface area (Å²) in [5.74, 6) is 0.0697. The van der Waals surface area contributed by atoms with E-state index >= 15 is 0 Å². The first-order chi connectivity index (χ1) is 8.72. The Morgan fingerprint density at radius 3 is 3.00 bits per heavy atom. The summed E-state index contributed by atoms with van der Waals surface area (Å²) in [7, 11) is 0. The molecule has 0 atom stereocenters. The van der Waals surface area contributed by atoms with E-state index in [2.05, 4.69) is 10.3 Å². The maximum atomic E-state index is 10.9. The van der Waals surface area contributed by atoms with Crippen molar-refractivity contribution in [2.45, 2.75) is 6.54 Å². The molecule has 7 heteroatoms. The molecule has 18 heavy (non-hydrogen) atoms. The van der Waals surface area contributed by atoms with Gasteiger partial charge in [0.15, 0.2) is 0 Å². The third-order valence-electron chi connectivity index (χ3n) is 2.27. The van der Waals surface area contributed by atoms with Crippen molar-refractivity contribution in [1.82, 2.24) is 4.98 Å². The SMILES string of the molecule is N#Cc1ccnc(NCc2ccoc2)c1[N+](=O)[O-]. The molecule has 0 radical (unpaired) electrons. The van der Waals surface area contributed by atoms with Crippen LogP contribution in [0.25, 0.3) is 0 Å². The highest BCUT2D eigenvalue weighted by atomic mass is 16.6. The number of furan rings is 1. The van der Waals surface area contributed by atoms with E-state index in [0.29, 0.717) is 6.54 Å². The molecule has 0 aliphatic heterocycles. The number of nitriles is 1. The average molecular weight is 244 g/mol. The Labute approximate surface area is 102 Å².